The molecule has 0 unspecified atom stereocenters. The van der Waals surface area contributed by atoms with Gasteiger partial charge in [-0.3, -0.25) is 4.79 Å². The summed E-state index contributed by atoms with van der Waals surface area (Å²) in [6.07, 6.45) is 1.02. The van der Waals surface area contributed by atoms with Gasteiger partial charge >= 0.3 is 0 Å². The maximum absolute atomic E-state index is 12.0. The molecule has 6 heteroatoms. The van der Waals surface area contributed by atoms with Crippen molar-refractivity contribution in [2.75, 3.05) is 11.1 Å². The molecule has 1 aromatic carbocycles. The Kier molecular flexibility index (Phi) is 6.00. The number of nitrogens with one attached hydrogen (secondary N) is 1. The minimum Gasteiger partial charge on any atom is -0.325 e. The first kappa shape index (κ1) is 16.5. The standard InChI is InChI=1S/C16H22N4OS/c1-4-10-20-15(12(2)3)18-19-16(20)22-11-14(21)17-13-8-6-5-7-9-13/h5-9,12H,4,10-11H2,1-3H3,(H,17,21). The van der Waals surface area contributed by atoms with Crippen LogP contribution in [-0.4, -0.2) is 26.4 Å². The molecule has 1 heterocycles. The predicted molar refractivity (Wildman–Crippen MR) is 90.2 cm³/mol. The van der Waals surface area contributed by atoms with E-state index < -0.39 is 0 Å². The van der Waals surface area contributed by atoms with Crippen LogP contribution in [0.4, 0.5) is 5.69 Å². The van der Waals surface area contributed by atoms with E-state index in [0.717, 1.165) is 29.6 Å². The highest BCUT2D eigenvalue weighted by atomic mass is 32.2. The molecule has 0 atom stereocenters. The maximum atomic E-state index is 12.0. The number of hydrogen-bond acceptors (Lipinski definition) is 4. The summed E-state index contributed by atoms with van der Waals surface area (Å²) in [7, 11) is 0. The van der Waals surface area contributed by atoms with E-state index in [1.54, 1.807) is 0 Å². The van der Waals surface area contributed by atoms with E-state index in [1.807, 2.05) is 30.3 Å². The number of carbonyl (C=O) groups excluding carboxylic acids is 1. The minimum absolute atomic E-state index is 0.0339. The molecule has 2 aromatic rings. The third-order valence-electron chi connectivity index (χ3n) is 3.10. The van der Waals surface area contributed by atoms with E-state index >= 15 is 0 Å². The summed E-state index contributed by atoms with van der Waals surface area (Å²) in [5.74, 6) is 1.60. The largest absolute Gasteiger partial charge is 0.325 e. The molecule has 5 nitrogen and oxygen atoms in total. The molecule has 0 radical (unpaired) electrons. The van der Waals surface area contributed by atoms with E-state index in [1.165, 1.54) is 11.8 Å². The second kappa shape index (κ2) is 7.98. The van der Waals surface area contributed by atoms with Gasteiger partial charge in [0.1, 0.15) is 5.82 Å². The fraction of sp³-hybridized carbons (Fsp3) is 0.438. The molecule has 0 bridgehead atoms. The average molecular weight is 318 g/mol. The number of thioether (sulfide) groups is 1. The van der Waals surface area contributed by atoms with Crippen molar-refractivity contribution in [1.82, 2.24) is 14.8 Å². The average Bonchev–Trinajstić information content (AvgIpc) is 2.90. The fourth-order valence-corrected chi connectivity index (χ4v) is 2.89. The molecule has 0 saturated heterocycles. The predicted octanol–water partition coefficient (Wildman–Crippen LogP) is 3.54. The molecule has 0 aliphatic carbocycles. The van der Waals surface area contributed by atoms with Gasteiger partial charge in [-0.05, 0) is 18.6 Å². The zero-order valence-electron chi connectivity index (χ0n) is 13.2. The van der Waals surface area contributed by atoms with Crippen LogP contribution in [0.1, 0.15) is 38.9 Å². The first-order chi connectivity index (χ1) is 10.6. The van der Waals surface area contributed by atoms with Crippen molar-refractivity contribution < 1.29 is 4.79 Å². The van der Waals surface area contributed by atoms with E-state index in [2.05, 4.69) is 40.9 Å². The molecule has 0 aliphatic heterocycles. The first-order valence-corrected chi connectivity index (χ1v) is 8.51. The van der Waals surface area contributed by atoms with Crippen LogP contribution in [0.5, 0.6) is 0 Å². The molecule has 22 heavy (non-hydrogen) atoms. The Bertz CT molecular complexity index is 610. The second-order valence-electron chi connectivity index (χ2n) is 5.35. The number of amides is 1. The van der Waals surface area contributed by atoms with Gasteiger partial charge in [0.05, 0.1) is 5.75 Å². The summed E-state index contributed by atoms with van der Waals surface area (Å²) in [4.78, 5) is 12.0. The number of nitrogens with zero attached hydrogens (tertiary/aromatic N) is 3. The van der Waals surface area contributed by atoms with E-state index in [9.17, 15) is 4.79 Å². The molecular weight excluding hydrogens is 296 g/mol. The van der Waals surface area contributed by atoms with Crippen LogP contribution in [0, 0.1) is 0 Å². The highest BCUT2D eigenvalue weighted by Crippen LogP contribution is 2.22. The molecular formula is C16H22N4OS. The molecule has 1 N–H and O–H groups in total. The van der Waals surface area contributed by atoms with Gasteiger partial charge in [-0.25, -0.2) is 0 Å². The van der Waals surface area contributed by atoms with Crippen molar-refractivity contribution in [3.63, 3.8) is 0 Å². The highest BCUT2D eigenvalue weighted by molar-refractivity contribution is 7.99. The van der Waals surface area contributed by atoms with Gasteiger partial charge < -0.3 is 9.88 Å². The lowest BCUT2D eigenvalue weighted by Gasteiger charge is -2.10. The van der Waals surface area contributed by atoms with Gasteiger partial charge in [0.2, 0.25) is 5.91 Å². The quantitative estimate of drug-likeness (QED) is 0.793. The van der Waals surface area contributed by atoms with Crippen LogP contribution < -0.4 is 5.32 Å². The van der Waals surface area contributed by atoms with Gasteiger partial charge in [0, 0.05) is 18.2 Å². The summed E-state index contributed by atoms with van der Waals surface area (Å²) >= 11 is 1.43. The van der Waals surface area contributed by atoms with Gasteiger partial charge in [0.25, 0.3) is 0 Å². The van der Waals surface area contributed by atoms with Gasteiger partial charge in [-0.2, -0.15) is 0 Å². The fourth-order valence-electron chi connectivity index (χ4n) is 2.12. The van der Waals surface area contributed by atoms with Gasteiger partial charge in [-0.1, -0.05) is 50.7 Å². The van der Waals surface area contributed by atoms with Crippen molar-refractivity contribution in [3.05, 3.63) is 36.2 Å². The molecule has 118 valence electrons. The minimum atomic E-state index is -0.0339. The Balaban J connectivity index is 1.97. The zero-order chi connectivity index (χ0) is 15.9. The van der Waals surface area contributed by atoms with Crippen molar-refractivity contribution in [3.8, 4) is 0 Å². The van der Waals surface area contributed by atoms with Crippen LogP contribution in [-0.2, 0) is 11.3 Å². The summed E-state index contributed by atoms with van der Waals surface area (Å²) in [5.41, 5.74) is 0.811. The molecule has 1 amide bonds. The smallest absolute Gasteiger partial charge is 0.234 e. The summed E-state index contributed by atoms with van der Waals surface area (Å²) < 4.78 is 2.12. The second-order valence-corrected chi connectivity index (χ2v) is 6.29. The summed E-state index contributed by atoms with van der Waals surface area (Å²) in [6.45, 7) is 7.21. The molecule has 0 aliphatic rings. The third-order valence-corrected chi connectivity index (χ3v) is 4.07. The monoisotopic (exact) mass is 318 g/mol. The Morgan fingerprint density at radius 3 is 2.64 bits per heavy atom. The number of para-hydroxylation sites is 1. The Morgan fingerprint density at radius 1 is 1.27 bits per heavy atom. The highest BCUT2D eigenvalue weighted by Gasteiger charge is 2.15. The van der Waals surface area contributed by atoms with E-state index in [-0.39, 0.29) is 5.91 Å². The number of anilines is 1. The first-order valence-electron chi connectivity index (χ1n) is 7.52. The number of carbonyl (C=O) groups is 1. The van der Waals surface area contributed by atoms with Crippen molar-refractivity contribution in [2.24, 2.45) is 0 Å². The molecule has 0 spiro atoms. The summed E-state index contributed by atoms with van der Waals surface area (Å²) in [5, 5.41) is 12.2. The normalized spacial score (nSPS) is 10.9. The number of hydrogen-bond donors (Lipinski definition) is 1. The maximum Gasteiger partial charge on any atom is 0.234 e. The van der Waals surface area contributed by atoms with Crippen molar-refractivity contribution in [1.29, 1.82) is 0 Å². The molecule has 1 aromatic heterocycles. The van der Waals surface area contributed by atoms with E-state index in [4.69, 9.17) is 0 Å². The number of aromatic nitrogens is 3. The lowest BCUT2D eigenvalue weighted by atomic mass is 10.2. The van der Waals surface area contributed by atoms with Crippen molar-refractivity contribution in [2.45, 2.75) is 44.8 Å². The zero-order valence-corrected chi connectivity index (χ0v) is 14.1. The Hall–Kier alpha value is -1.82. The van der Waals surface area contributed by atoms with Crippen LogP contribution in [0.15, 0.2) is 35.5 Å². The third kappa shape index (κ3) is 4.34. The molecule has 0 fully saturated rings. The van der Waals surface area contributed by atoms with Crippen LogP contribution >= 0.6 is 11.8 Å². The lowest BCUT2D eigenvalue weighted by Crippen LogP contribution is -2.14. The van der Waals surface area contributed by atoms with E-state index in [0.29, 0.717) is 11.7 Å². The summed E-state index contributed by atoms with van der Waals surface area (Å²) in [6, 6.07) is 9.47. The molecule has 0 saturated carbocycles. The van der Waals surface area contributed by atoms with Gasteiger partial charge in [0.15, 0.2) is 5.16 Å². The number of benzene rings is 1. The SMILES string of the molecule is CCCn1c(SCC(=O)Nc2ccccc2)nnc1C(C)C. The van der Waals surface area contributed by atoms with Crippen LogP contribution in [0.2, 0.25) is 0 Å². The van der Waals surface area contributed by atoms with Crippen LogP contribution in [0.25, 0.3) is 0 Å². The lowest BCUT2D eigenvalue weighted by molar-refractivity contribution is -0.113. The number of rotatable bonds is 7. The topological polar surface area (TPSA) is 59.8 Å². The Labute approximate surface area is 135 Å². The van der Waals surface area contributed by atoms with Crippen LogP contribution in [0.3, 0.4) is 0 Å². The molecule has 2 rings (SSSR count). The Morgan fingerprint density at radius 2 is 2.00 bits per heavy atom. The van der Waals surface area contributed by atoms with Crippen molar-refractivity contribution >= 4 is 23.4 Å². The van der Waals surface area contributed by atoms with Gasteiger partial charge in [-0.15, -0.1) is 10.2 Å².